The molecule has 7 heteroatoms. The van der Waals surface area contributed by atoms with Gasteiger partial charge in [0.25, 0.3) is 0 Å². The summed E-state index contributed by atoms with van der Waals surface area (Å²) in [7, 11) is 0. The standard InChI is InChI=1S/C7H5N3O2.Ag.K/c11-6(12)7-4-2-1-3-5(7)8-10-9-7;;/h1-4H,(H,11,12);;/q;;+1/p-1. The van der Waals surface area contributed by atoms with Crippen LogP contribution in [-0.4, -0.2) is 17.2 Å². The second kappa shape index (κ2) is 5.62. The molecular weight excluding hydrogens is 305 g/mol. The molecule has 0 amide bonds. The second-order valence-corrected chi connectivity index (χ2v) is 2.45. The van der Waals surface area contributed by atoms with E-state index in [-0.39, 0.29) is 73.8 Å². The molecule has 0 N–H and O–H groups in total. The van der Waals surface area contributed by atoms with E-state index in [2.05, 4.69) is 15.4 Å². The molecule has 0 bridgehead atoms. The van der Waals surface area contributed by atoms with Gasteiger partial charge in [-0.2, -0.15) is 0 Å². The molecule has 2 rings (SSSR count). The van der Waals surface area contributed by atoms with E-state index in [1.54, 1.807) is 18.2 Å². The van der Waals surface area contributed by atoms with Crippen LogP contribution >= 0.6 is 0 Å². The zero-order chi connectivity index (χ0) is 8.60. The van der Waals surface area contributed by atoms with Crippen molar-refractivity contribution in [1.29, 1.82) is 0 Å². The summed E-state index contributed by atoms with van der Waals surface area (Å²) in [5, 5.41) is 21.1. The molecule has 0 saturated carbocycles. The molecule has 0 aromatic carbocycles. The second-order valence-electron chi connectivity index (χ2n) is 2.45. The first kappa shape index (κ1) is 14.6. The number of carboxylic acids is 1. The normalized spacial score (nSPS) is 25.9. The Balaban J connectivity index is 0.000000845. The van der Waals surface area contributed by atoms with Gasteiger partial charge in [-0.1, -0.05) is 12.2 Å². The van der Waals surface area contributed by atoms with Crippen LogP contribution in [0.1, 0.15) is 0 Å². The quantitative estimate of drug-likeness (QED) is 0.470. The van der Waals surface area contributed by atoms with Gasteiger partial charge in [0.05, 0.1) is 5.97 Å². The molecule has 1 unspecified atom stereocenters. The van der Waals surface area contributed by atoms with Crippen molar-refractivity contribution < 1.29 is 83.7 Å². The summed E-state index contributed by atoms with van der Waals surface area (Å²) in [4.78, 5) is 10.7. The minimum atomic E-state index is -1.46. The molecule has 1 atom stereocenters. The van der Waals surface area contributed by atoms with E-state index in [4.69, 9.17) is 0 Å². The Bertz CT molecular complexity index is 364. The number of hydrogen-bond donors (Lipinski definition) is 0. The zero-order valence-electron chi connectivity index (χ0n) is 7.27. The number of nitrogens with zero attached hydrogens (tertiary/aromatic N) is 3. The molecule has 2 aliphatic rings. The van der Waals surface area contributed by atoms with Crippen LogP contribution in [-0.2, 0) is 27.2 Å². The van der Waals surface area contributed by atoms with Gasteiger partial charge in [-0.15, -0.1) is 10.2 Å². The van der Waals surface area contributed by atoms with Crippen molar-refractivity contribution in [3.63, 3.8) is 0 Å². The van der Waals surface area contributed by atoms with E-state index < -0.39 is 11.5 Å². The first-order chi connectivity index (χ1) is 5.76. The van der Waals surface area contributed by atoms with E-state index in [9.17, 15) is 9.90 Å². The van der Waals surface area contributed by atoms with Crippen molar-refractivity contribution >= 4 is 11.7 Å². The van der Waals surface area contributed by atoms with E-state index in [1.165, 1.54) is 6.08 Å². The SMILES string of the molecule is O=C([O-])C12C=CC=CC1=NN=N2.[Ag].[K+]. The van der Waals surface area contributed by atoms with Crippen LogP contribution in [0.2, 0.25) is 0 Å². The molecule has 0 fully saturated rings. The molecule has 0 aromatic rings. The summed E-state index contributed by atoms with van der Waals surface area (Å²) in [6, 6.07) is 0. The van der Waals surface area contributed by atoms with Gasteiger partial charge in [0.2, 0.25) is 0 Å². The first-order valence-electron chi connectivity index (χ1n) is 3.33. The van der Waals surface area contributed by atoms with Gasteiger partial charge < -0.3 is 9.90 Å². The van der Waals surface area contributed by atoms with Gasteiger partial charge in [-0.3, -0.25) is 0 Å². The van der Waals surface area contributed by atoms with Crippen molar-refractivity contribution in [1.82, 2.24) is 0 Å². The van der Waals surface area contributed by atoms with Gasteiger partial charge in [-0.25, -0.2) is 0 Å². The zero-order valence-corrected chi connectivity index (χ0v) is 11.9. The number of fused-ring (bicyclic) bond motifs is 1. The maximum atomic E-state index is 10.7. The average Bonchev–Trinajstić information content (AvgIpc) is 2.48. The summed E-state index contributed by atoms with van der Waals surface area (Å²) in [5.41, 5.74) is -1.17. The Hall–Kier alpha value is 0.597. The predicted molar refractivity (Wildman–Crippen MR) is 38.3 cm³/mol. The third-order valence-corrected chi connectivity index (χ3v) is 1.76. The van der Waals surface area contributed by atoms with Crippen LogP contribution in [0.25, 0.3) is 0 Å². The molecule has 5 nitrogen and oxygen atoms in total. The van der Waals surface area contributed by atoms with Crippen molar-refractivity contribution in [3.8, 4) is 0 Å². The minimum absolute atomic E-state index is 0. The fourth-order valence-electron chi connectivity index (χ4n) is 1.10. The summed E-state index contributed by atoms with van der Waals surface area (Å²) in [5.74, 6) is -1.30. The van der Waals surface area contributed by atoms with E-state index in [0.29, 0.717) is 5.71 Å². The van der Waals surface area contributed by atoms with Crippen LogP contribution in [0.3, 0.4) is 0 Å². The maximum Gasteiger partial charge on any atom is 1.00 e. The summed E-state index contributed by atoms with van der Waals surface area (Å²) in [6.07, 6.45) is 6.21. The topological polar surface area (TPSA) is 77.2 Å². The summed E-state index contributed by atoms with van der Waals surface area (Å²) >= 11 is 0. The van der Waals surface area contributed by atoms with Crippen LogP contribution in [0.5, 0.6) is 0 Å². The molecule has 0 aromatic heterocycles. The van der Waals surface area contributed by atoms with Crippen molar-refractivity contribution in [2.45, 2.75) is 5.54 Å². The number of carbonyl (C=O) groups is 1. The monoisotopic (exact) mass is 308 g/mol. The third-order valence-electron chi connectivity index (χ3n) is 1.76. The van der Waals surface area contributed by atoms with Crippen LogP contribution in [0.15, 0.2) is 39.7 Å². The largest absolute Gasteiger partial charge is 1.00 e. The number of aliphatic carboxylic acids is 1. The molecular formula is C7H4AgKN3O2. The Morgan fingerprint density at radius 3 is 2.71 bits per heavy atom. The smallest absolute Gasteiger partial charge is 0.547 e. The number of hydrogen-bond acceptors (Lipinski definition) is 5. The molecule has 14 heavy (non-hydrogen) atoms. The van der Waals surface area contributed by atoms with Gasteiger partial charge >= 0.3 is 51.4 Å². The van der Waals surface area contributed by atoms with Crippen molar-refractivity contribution in [2.24, 2.45) is 15.4 Å². The number of rotatable bonds is 1. The van der Waals surface area contributed by atoms with Crippen LogP contribution < -0.4 is 56.5 Å². The summed E-state index contributed by atoms with van der Waals surface area (Å²) < 4.78 is 0. The molecule has 1 aliphatic carbocycles. The molecule has 71 valence electrons. The Morgan fingerprint density at radius 2 is 2.14 bits per heavy atom. The molecule has 1 heterocycles. The maximum absolute atomic E-state index is 10.7. The minimum Gasteiger partial charge on any atom is -0.547 e. The average molecular weight is 309 g/mol. The number of allylic oxidation sites excluding steroid dienone is 2. The predicted octanol–water partition coefficient (Wildman–Crippen LogP) is -3.58. The van der Waals surface area contributed by atoms with Gasteiger partial charge in [0, 0.05) is 22.4 Å². The third kappa shape index (κ3) is 2.22. The Labute approximate surface area is 138 Å². The van der Waals surface area contributed by atoms with E-state index in [0.717, 1.165) is 0 Å². The van der Waals surface area contributed by atoms with Crippen LogP contribution in [0, 0.1) is 0 Å². The molecule has 1 radical (unpaired) electrons. The van der Waals surface area contributed by atoms with Gasteiger partial charge in [-0.05, 0) is 17.4 Å². The van der Waals surface area contributed by atoms with Crippen molar-refractivity contribution in [3.05, 3.63) is 24.3 Å². The van der Waals surface area contributed by atoms with Crippen molar-refractivity contribution in [2.75, 3.05) is 0 Å². The first-order valence-corrected chi connectivity index (χ1v) is 3.33. The van der Waals surface area contributed by atoms with E-state index in [1.807, 2.05) is 0 Å². The van der Waals surface area contributed by atoms with Crippen LogP contribution in [0.4, 0.5) is 0 Å². The number of carbonyl (C=O) groups excluding carboxylic acids is 1. The molecule has 0 saturated heterocycles. The van der Waals surface area contributed by atoms with Gasteiger partial charge in [0.1, 0.15) is 5.71 Å². The Morgan fingerprint density at radius 1 is 1.43 bits per heavy atom. The Kier molecular flexibility index (Phi) is 5.86. The molecule has 1 aliphatic heterocycles. The fraction of sp³-hybridized carbons (Fsp3) is 0.143. The summed E-state index contributed by atoms with van der Waals surface area (Å²) in [6.45, 7) is 0. The van der Waals surface area contributed by atoms with Gasteiger partial charge in [0.15, 0.2) is 5.54 Å². The number of carboxylic acid groups (broad SMARTS) is 1. The van der Waals surface area contributed by atoms with E-state index >= 15 is 0 Å². The fourth-order valence-corrected chi connectivity index (χ4v) is 1.10. The molecule has 0 spiro atoms.